The molecule has 2 heterocycles. The molecule has 5 rings (SSSR count). The average Bonchev–Trinajstić information content (AvgIpc) is 3.28. The van der Waals surface area contributed by atoms with E-state index in [9.17, 15) is 0 Å². The summed E-state index contributed by atoms with van der Waals surface area (Å²) in [5, 5.41) is 15.8. The van der Waals surface area contributed by atoms with Crippen molar-refractivity contribution in [3.63, 3.8) is 0 Å². The van der Waals surface area contributed by atoms with Crippen molar-refractivity contribution < 1.29 is 0 Å². The molecule has 6 nitrogen and oxygen atoms in total. The summed E-state index contributed by atoms with van der Waals surface area (Å²) in [6.45, 7) is 2.03. The number of hydrogen-bond acceptors (Lipinski definition) is 5. The zero-order valence-electron chi connectivity index (χ0n) is 17.6. The molecule has 0 fully saturated rings. The van der Waals surface area contributed by atoms with Gasteiger partial charge < -0.3 is 15.2 Å². The molecule has 0 saturated heterocycles. The van der Waals surface area contributed by atoms with Crippen molar-refractivity contribution in [2.75, 3.05) is 10.6 Å². The van der Waals surface area contributed by atoms with Crippen LogP contribution in [0.4, 0.5) is 11.6 Å². The molecule has 2 N–H and O–H groups in total. The third-order valence-electron chi connectivity index (χ3n) is 5.34. The predicted octanol–water partition coefficient (Wildman–Crippen LogP) is 5.10. The van der Waals surface area contributed by atoms with Crippen LogP contribution in [0.15, 0.2) is 97.3 Å². The number of benzene rings is 3. The van der Waals surface area contributed by atoms with E-state index in [1.807, 2.05) is 48.8 Å². The molecule has 158 valence electrons. The standard InChI is InChI=1S/C26H24N6/c1-4-10-20(11-5-1)16-27-25-23-24(32(19-29-23)18-22-14-8-3-9-15-22)26(31-30-25)28-17-21-12-6-2-7-13-21/h1-15,19H,16-18H2,(H,27,30)(H,28,31). The molecule has 0 aliphatic rings. The fraction of sp³-hybridized carbons (Fsp3) is 0.115. The van der Waals surface area contributed by atoms with Gasteiger partial charge in [-0.1, -0.05) is 91.0 Å². The van der Waals surface area contributed by atoms with E-state index in [0.29, 0.717) is 25.5 Å². The molecule has 32 heavy (non-hydrogen) atoms. The van der Waals surface area contributed by atoms with E-state index >= 15 is 0 Å². The van der Waals surface area contributed by atoms with Gasteiger partial charge in [-0.2, -0.15) is 0 Å². The van der Waals surface area contributed by atoms with Crippen molar-refractivity contribution in [1.29, 1.82) is 0 Å². The lowest BCUT2D eigenvalue weighted by Gasteiger charge is -2.12. The maximum absolute atomic E-state index is 4.70. The van der Waals surface area contributed by atoms with E-state index < -0.39 is 0 Å². The monoisotopic (exact) mass is 420 g/mol. The fourth-order valence-electron chi connectivity index (χ4n) is 3.70. The van der Waals surface area contributed by atoms with Crippen LogP contribution in [0.3, 0.4) is 0 Å². The molecule has 0 aliphatic carbocycles. The van der Waals surface area contributed by atoms with Gasteiger partial charge in [0.15, 0.2) is 11.6 Å². The summed E-state index contributed by atoms with van der Waals surface area (Å²) >= 11 is 0. The minimum absolute atomic E-state index is 0.660. The Morgan fingerprint density at radius 2 is 1.09 bits per heavy atom. The van der Waals surface area contributed by atoms with E-state index in [1.165, 1.54) is 16.7 Å². The SMILES string of the molecule is c1ccc(CNc2nnc(NCc3ccccc3)c3c2ncn3Cc2ccccc2)cc1. The van der Waals surface area contributed by atoms with Crippen LogP contribution in [-0.2, 0) is 19.6 Å². The molecule has 0 saturated carbocycles. The van der Waals surface area contributed by atoms with Gasteiger partial charge >= 0.3 is 0 Å². The summed E-state index contributed by atoms with van der Waals surface area (Å²) < 4.78 is 2.13. The second-order valence-electron chi connectivity index (χ2n) is 7.63. The molecule has 5 aromatic rings. The number of nitrogens with zero attached hydrogens (tertiary/aromatic N) is 4. The zero-order valence-corrected chi connectivity index (χ0v) is 17.6. The van der Waals surface area contributed by atoms with E-state index in [0.717, 1.165) is 16.9 Å². The van der Waals surface area contributed by atoms with E-state index in [-0.39, 0.29) is 0 Å². The Hall–Kier alpha value is -4.19. The Kier molecular flexibility index (Phi) is 5.74. The highest BCUT2D eigenvalue weighted by atomic mass is 15.2. The van der Waals surface area contributed by atoms with Crippen molar-refractivity contribution in [2.24, 2.45) is 0 Å². The normalized spacial score (nSPS) is 10.9. The van der Waals surface area contributed by atoms with Gasteiger partial charge in [-0.05, 0) is 16.7 Å². The van der Waals surface area contributed by atoms with Crippen LogP contribution < -0.4 is 10.6 Å². The van der Waals surface area contributed by atoms with Crippen LogP contribution in [-0.4, -0.2) is 19.7 Å². The number of aromatic nitrogens is 4. The van der Waals surface area contributed by atoms with Crippen LogP contribution in [0.1, 0.15) is 16.7 Å². The van der Waals surface area contributed by atoms with Crippen molar-refractivity contribution in [3.05, 3.63) is 114 Å². The molecular formula is C26H24N6. The third kappa shape index (κ3) is 4.44. The molecule has 0 bridgehead atoms. The second kappa shape index (κ2) is 9.31. The number of hydrogen-bond donors (Lipinski definition) is 2. The summed E-state index contributed by atoms with van der Waals surface area (Å²) in [5.74, 6) is 1.41. The van der Waals surface area contributed by atoms with Gasteiger partial charge in [0.05, 0.1) is 6.33 Å². The highest BCUT2D eigenvalue weighted by Crippen LogP contribution is 2.27. The average molecular weight is 421 g/mol. The van der Waals surface area contributed by atoms with E-state index in [2.05, 4.69) is 73.9 Å². The molecule has 0 unspecified atom stereocenters. The molecule has 0 atom stereocenters. The number of fused-ring (bicyclic) bond motifs is 1. The minimum atomic E-state index is 0.660. The summed E-state index contributed by atoms with van der Waals surface area (Å²) in [7, 11) is 0. The Morgan fingerprint density at radius 3 is 1.69 bits per heavy atom. The second-order valence-corrected chi connectivity index (χ2v) is 7.63. The lowest BCUT2D eigenvalue weighted by molar-refractivity contribution is 0.821. The molecular weight excluding hydrogens is 396 g/mol. The highest BCUT2D eigenvalue weighted by Gasteiger charge is 2.16. The van der Waals surface area contributed by atoms with Gasteiger partial charge in [-0.15, -0.1) is 10.2 Å². The highest BCUT2D eigenvalue weighted by molar-refractivity contribution is 5.93. The number of imidazole rings is 1. The molecule has 3 aromatic carbocycles. The van der Waals surface area contributed by atoms with Crippen molar-refractivity contribution in [2.45, 2.75) is 19.6 Å². The number of anilines is 2. The van der Waals surface area contributed by atoms with Crippen LogP contribution in [0.5, 0.6) is 0 Å². The topological polar surface area (TPSA) is 67.7 Å². The van der Waals surface area contributed by atoms with E-state index in [4.69, 9.17) is 4.98 Å². The quantitative estimate of drug-likeness (QED) is 0.366. The maximum atomic E-state index is 4.70. The van der Waals surface area contributed by atoms with Crippen molar-refractivity contribution in [3.8, 4) is 0 Å². The van der Waals surface area contributed by atoms with E-state index in [1.54, 1.807) is 0 Å². The van der Waals surface area contributed by atoms with Gasteiger partial charge in [0.25, 0.3) is 0 Å². The van der Waals surface area contributed by atoms with Gasteiger partial charge in [-0.3, -0.25) is 0 Å². The molecule has 0 amide bonds. The van der Waals surface area contributed by atoms with Crippen LogP contribution in [0.2, 0.25) is 0 Å². The summed E-state index contributed by atoms with van der Waals surface area (Å²) in [4.78, 5) is 4.70. The van der Waals surface area contributed by atoms with Gasteiger partial charge in [0.2, 0.25) is 0 Å². The summed E-state index contributed by atoms with van der Waals surface area (Å²) in [6.07, 6.45) is 1.86. The summed E-state index contributed by atoms with van der Waals surface area (Å²) in [6, 6.07) is 30.9. The van der Waals surface area contributed by atoms with Gasteiger partial charge in [0, 0.05) is 19.6 Å². The first-order chi connectivity index (χ1) is 15.9. The molecule has 0 spiro atoms. The molecule has 0 aliphatic heterocycles. The zero-order chi connectivity index (χ0) is 21.6. The Morgan fingerprint density at radius 1 is 0.594 bits per heavy atom. The smallest absolute Gasteiger partial charge is 0.177 e. The van der Waals surface area contributed by atoms with Gasteiger partial charge in [0.1, 0.15) is 11.0 Å². The first-order valence-electron chi connectivity index (χ1n) is 10.7. The minimum Gasteiger partial charge on any atom is -0.363 e. The maximum Gasteiger partial charge on any atom is 0.177 e. The molecule has 6 heteroatoms. The number of nitrogens with one attached hydrogen (secondary N) is 2. The first-order valence-corrected chi connectivity index (χ1v) is 10.7. The molecule has 2 aromatic heterocycles. The Labute approximate surface area is 187 Å². The predicted molar refractivity (Wildman–Crippen MR) is 128 cm³/mol. The van der Waals surface area contributed by atoms with Gasteiger partial charge in [-0.25, -0.2) is 4.98 Å². The third-order valence-corrected chi connectivity index (χ3v) is 5.34. The summed E-state index contributed by atoms with van der Waals surface area (Å²) in [5.41, 5.74) is 5.31. The van der Waals surface area contributed by atoms with Crippen LogP contribution >= 0.6 is 0 Å². The molecule has 0 radical (unpaired) electrons. The largest absolute Gasteiger partial charge is 0.363 e. The first kappa shape index (κ1) is 19.8. The van der Waals surface area contributed by atoms with Crippen molar-refractivity contribution >= 4 is 22.7 Å². The lowest BCUT2D eigenvalue weighted by Crippen LogP contribution is -2.09. The Balaban J connectivity index is 1.47. The number of rotatable bonds is 8. The fourth-order valence-corrected chi connectivity index (χ4v) is 3.70. The van der Waals surface area contributed by atoms with Crippen LogP contribution in [0, 0.1) is 0 Å². The Bertz CT molecular complexity index is 1280. The van der Waals surface area contributed by atoms with Crippen molar-refractivity contribution in [1.82, 2.24) is 19.7 Å². The lowest BCUT2D eigenvalue weighted by atomic mass is 10.2. The van der Waals surface area contributed by atoms with Crippen LogP contribution in [0.25, 0.3) is 11.0 Å².